The number of nitrogens with one attached hydrogen (secondary N) is 1. The number of aromatic amines is 1. The average Bonchev–Trinajstić information content (AvgIpc) is 3.11. The molecule has 0 bridgehead atoms. The molecule has 3 aromatic rings. The van der Waals surface area contributed by atoms with E-state index in [0.29, 0.717) is 16.0 Å². The number of thioether (sulfide) groups is 1. The molecule has 0 atom stereocenters. The number of hydrogen-bond donors (Lipinski definition) is 2. The Morgan fingerprint density at radius 2 is 2.19 bits per heavy atom. The van der Waals surface area contributed by atoms with Gasteiger partial charge in [-0.25, -0.2) is 4.98 Å². The van der Waals surface area contributed by atoms with Crippen LogP contribution in [0.2, 0.25) is 0 Å². The van der Waals surface area contributed by atoms with Gasteiger partial charge in [-0.1, -0.05) is 23.1 Å². The second kappa shape index (κ2) is 5.08. The van der Waals surface area contributed by atoms with Gasteiger partial charge in [0.05, 0.1) is 11.1 Å². The fourth-order valence-corrected chi connectivity index (χ4v) is 5.28. The highest BCUT2D eigenvalue weighted by Gasteiger charge is 2.21. The fourth-order valence-electron chi connectivity index (χ4n) is 2.51. The largest absolute Gasteiger partial charge is 0.374 e. The molecule has 3 heterocycles. The number of aryl methyl sites for hydroxylation is 2. The number of rotatable bonds is 3. The molecule has 6 nitrogen and oxygen atoms in total. The van der Waals surface area contributed by atoms with Crippen LogP contribution in [0.4, 0.5) is 5.13 Å². The number of H-pyrrole nitrogens is 1. The van der Waals surface area contributed by atoms with Gasteiger partial charge >= 0.3 is 0 Å². The van der Waals surface area contributed by atoms with Crippen LogP contribution in [-0.2, 0) is 18.6 Å². The lowest BCUT2D eigenvalue weighted by atomic mass is 10.2. The highest BCUT2D eigenvalue weighted by Crippen LogP contribution is 2.35. The predicted molar refractivity (Wildman–Crippen MR) is 86.1 cm³/mol. The van der Waals surface area contributed by atoms with Gasteiger partial charge in [0.1, 0.15) is 9.84 Å². The Kier molecular flexibility index (Phi) is 3.20. The smallest absolute Gasteiger partial charge is 0.260 e. The lowest BCUT2D eigenvalue weighted by Crippen LogP contribution is -2.09. The monoisotopic (exact) mass is 337 g/mol. The number of hydrogen-bond acceptors (Lipinski definition) is 8. The molecule has 21 heavy (non-hydrogen) atoms. The maximum absolute atomic E-state index is 12.3. The number of nitrogens with zero attached hydrogens (tertiary/aromatic N) is 3. The molecular formula is C12H11N5OS3. The third-order valence-electron chi connectivity index (χ3n) is 3.37. The molecule has 0 saturated carbocycles. The summed E-state index contributed by atoms with van der Waals surface area (Å²) in [6.07, 6.45) is 3.21. The van der Waals surface area contributed by atoms with Crippen molar-refractivity contribution in [1.82, 2.24) is 20.2 Å². The summed E-state index contributed by atoms with van der Waals surface area (Å²) in [6.45, 7) is 0. The molecule has 1 aliphatic rings. The molecule has 0 aromatic carbocycles. The predicted octanol–water partition coefficient (Wildman–Crippen LogP) is 2.20. The van der Waals surface area contributed by atoms with Gasteiger partial charge in [0, 0.05) is 4.88 Å². The fraction of sp³-hybridized carbons (Fsp3) is 0.333. The minimum atomic E-state index is -0.0290. The van der Waals surface area contributed by atoms with Gasteiger partial charge in [0.15, 0.2) is 5.16 Å². The molecule has 0 aliphatic heterocycles. The number of anilines is 1. The van der Waals surface area contributed by atoms with Gasteiger partial charge in [0.25, 0.3) is 5.56 Å². The van der Waals surface area contributed by atoms with Crippen molar-refractivity contribution in [2.45, 2.75) is 30.2 Å². The number of fused-ring (bicyclic) bond motifs is 3. The van der Waals surface area contributed by atoms with Crippen LogP contribution >= 0.6 is 34.4 Å². The van der Waals surface area contributed by atoms with Crippen molar-refractivity contribution in [2.24, 2.45) is 0 Å². The molecule has 3 aromatic heterocycles. The first-order chi connectivity index (χ1) is 10.2. The van der Waals surface area contributed by atoms with Crippen molar-refractivity contribution in [2.75, 3.05) is 5.73 Å². The van der Waals surface area contributed by atoms with Crippen LogP contribution in [0.3, 0.4) is 0 Å². The van der Waals surface area contributed by atoms with Crippen molar-refractivity contribution in [3.63, 3.8) is 0 Å². The first-order valence-corrected chi connectivity index (χ1v) is 9.08. The van der Waals surface area contributed by atoms with Crippen LogP contribution in [0.25, 0.3) is 10.2 Å². The van der Waals surface area contributed by atoms with Gasteiger partial charge in [-0.2, -0.15) is 0 Å². The summed E-state index contributed by atoms with van der Waals surface area (Å²) >= 11 is 4.45. The molecule has 4 rings (SSSR count). The van der Waals surface area contributed by atoms with Gasteiger partial charge in [-0.05, 0) is 24.8 Å². The van der Waals surface area contributed by atoms with E-state index in [1.165, 1.54) is 33.5 Å². The van der Waals surface area contributed by atoms with E-state index in [1.807, 2.05) is 0 Å². The second-order valence-electron chi connectivity index (χ2n) is 4.73. The molecule has 3 N–H and O–H groups in total. The number of thiophene rings is 1. The Hall–Kier alpha value is -1.45. The summed E-state index contributed by atoms with van der Waals surface area (Å²) in [5.74, 6) is 0.606. The minimum absolute atomic E-state index is 0.0290. The lowest BCUT2D eigenvalue weighted by Gasteiger charge is -1.99. The van der Waals surface area contributed by atoms with Crippen LogP contribution in [-0.4, -0.2) is 20.2 Å². The van der Waals surface area contributed by atoms with Gasteiger partial charge in [-0.15, -0.1) is 21.5 Å². The zero-order valence-corrected chi connectivity index (χ0v) is 13.3. The Balaban J connectivity index is 1.66. The molecule has 0 fully saturated rings. The molecule has 108 valence electrons. The van der Waals surface area contributed by atoms with Crippen molar-refractivity contribution < 1.29 is 0 Å². The highest BCUT2D eigenvalue weighted by atomic mass is 32.2. The number of aromatic nitrogens is 4. The summed E-state index contributed by atoms with van der Waals surface area (Å²) in [4.78, 5) is 21.9. The second-order valence-corrected chi connectivity index (χ2v) is 7.87. The third-order valence-corrected chi connectivity index (χ3v) is 6.37. The van der Waals surface area contributed by atoms with Crippen molar-refractivity contribution in [1.29, 1.82) is 0 Å². The normalized spacial score (nSPS) is 13.9. The van der Waals surface area contributed by atoms with Gasteiger partial charge in [0.2, 0.25) is 5.13 Å². The summed E-state index contributed by atoms with van der Waals surface area (Å²) in [5.41, 5.74) is 6.73. The van der Waals surface area contributed by atoms with Crippen LogP contribution in [0.5, 0.6) is 0 Å². The van der Waals surface area contributed by atoms with Crippen LogP contribution in [0.15, 0.2) is 9.95 Å². The summed E-state index contributed by atoms with van der Waals surface area (Å²) in [7, 11) is 0. The molecule has 0 spiro atoms. The minimum Gasteiger partial charge on any atom is -0.374 e. The van der Waals surface area contributed by atoms with Gasteiger partial charge in [-0.3, -0.25) is 4.79 Å². The molecule has 0 amide bonds. The lowest BCUT2D eigenvalue weighted by molar-refractivity contribution is 0.913. The Labute approximate surface area is 131 Å². The van der Waals surface area contributed by atoms with E-state index in [4.69, 9.17) is 5.73 Å². The average molecular weight is 337 g/mol. The number of nitrogens with two attached hydrogens (primary N) is 1. The maximum Gasteiger partial charge on any atom is 0.260 e. The van der Waals surface area contributed by atoms with E-state index >= 15 is 0 Å². The zero-order valence-electron chi connectivity index (χ0n) is 10.9. The van der Waals surface area contributed by atoms with E-state index in [1.54, 1.807) is 11.3 Å². The van der Waals surface area contributed by atoms with Crippen molar-refractivity contribution in [3.8, 4) is 0 Å². The van der Waals surface area contributed by atoms with Crippen LogP contribution in [0, 0.1) is 0 Å². The summed E-state index contributed by atoms with van der Waals surface area (Å²) in [5, 5.41) is 10.4. The summed E-state index contributed by atoms with van der Waals surface area (Å²) < 4.78 is 0. The van der Waals surface area contributed by atoms with Crippen molar-refractivity contribution >= 4 is 49.8 Å². The standard InChI is InChI=1S/C12H11N5OS3/c13-11-17-16-7(21-11)4-19-12-14-9(18)8-5-2-1-3-6(5)20-10(8)15-12/h1-4H2,(H2,13,17)(H,14,15,18). The first-order valence-electron chi connectivity index (χ1n) is 6.46. The topological polar surface area (TPSA) is 97.5 Å². The van der Waals surface area contributed by atoms with E-state index < -0.39 is 0 Å². The maximum atomic E-state index is 12.3. The Bertz CT molecular complexity index is 881. The Morgan fingerprint density at radius 3 is 3.00 bits per heavy atom. The van der Waals surface area contributed by atoms with E-state index in [2.05, 4.69) is 20.2 Å². The summed E-state index contributed by atoms with van der Waals surface area (Å²) in [6, 6.07) is 0. The molecule has 0 saturated heterocycles. The Morgan fingerprint density at radius 1 is 1.29 bits per heavy atom. The molecule has 0 unspecified atom stereocenters. The zero-order chi connectivity index (χ0) is 14.4. The quantitative estimate of drug-likeness (QED) is 0.562. The van der Waals surface area contributed by atoms with E-state index in [-0.39, 0.29) is 5.56 Å². The van der Waals surface area contributed by atoms with Gasteiger partial charge < -0.3 is 10.7 Å². The van der Waals surface area contributed by atoms with Crippen LogP contribution < -0.4 is 11.3 Å². The molecule has 0 radical (unpaired) electrons. The number of nitrogen functional groups attached to an aromatic ring is 1. The van der Waals surface area contributed by atoms with E-state index in [9.17, 15) is 4.79 Å². The van der Waals surface area contributed by atoms with E-state index in [0.717, 1.165) is 34.5 Å². The molecule has 9 heteroatoms. The molecular weight excluding hydrogens is 326 g/mol. The highest BCUT2D eigenvalue weighted by molar-refractivity contribution is 7.98. The first kappa shape index (κ1) is 13.2. The molecule has 1 aliphatic carbocycles. The van der Waals surface area contributed by atoms with Crippen LogP contribution in [0.1, 0.15) is 21.9 Å². The SMILES string of the molecule is Nc1nnc(CSc2nc3sc4c(c3c(=O)[nH]2)CCC4)s1. The van der Waals surface area contributed by atoms with Crippen molar-refractivity contribution in [3.05, 3.63) is 25.8 Å². The third kappa shape index (κ3) is 2.34.